The zero-order valence-corrected chi connectivity index (χ0v) is 11.2. The van der Waals surface area contributed by atoms with Crippen molar-refractivity contribution in [1.29, 1.82) is 0 Å². The Kier molecular flexibility index (Phi) is 3.23. The number of H-pyrrole nitrogens is 1. The minimum atomic E-state index is -0.0176. The van der Waals surface area contributed by atoms with Crippen LogP contribution in [0.4, 0.5) is 0 Å². The predicted octanol–water partition coefficient (Wildman–Crippen LogP) is 2.35. The van der Waals surface area contributed by atoms with Crippen LogP contribution in [-0.4, -0.2) is 16.1 Å². The molecule has 2 aliphatic carbocycles. The summed E-state index contributed by atoms with van der Waals surface area (Å²) in [6.45, 7) is 1.55. The molecular weight excluding hydrogens is 238 g/mol. The van der Waals surface area contributed by atoms with Gasteiger partial charge in [0, 0.05) is 24.2 Å². The third-order valence-electron chi connectivity index (χ3n) is 3.90. The molecule has 0 aliphatic heterocycles. The summed E-state index contributed by atoms with van der Waals surface area (Å²) >= 11 is 0. The maximum absolute atomic E-state index is 11.3. The van der Waals surface area contributed by atoms with Crippen molar-refractivity contribution in [2.75, 3.05) is 0 Å². The molecule has 1 heterocycles. The summed E-state index contributed by atoms with van der Waals surface area (Å²) in [7, 11) is 0. The van der Waals surface area contributed by atoms with Gasteiger partial charge in [-0.1, -0.05) is 12.2 Å². The summed E-state index contributed by atoms with van der Waals surface area (Å²) < 4.78 is 0. The highest BCUT2D eigenvalue weighted by molar-refractivity contribution is 5.75. The van der Waals surface area contributed by atoms with Gasteiger partial charge in [0.25, 0.3) is 0 Å². The Hall–Kier alpha value is -1.84. The molecule has 0 bridgehead atoms. The second-order valence-electron chi connectivity index (χ2n) is 5.29. The number of nitrogens with one attached hydrogen (secondary N) is 2. The SMILES string of the molecule is CC(=O)NC1=CC=CCC1c1n[nH]c2c1CCCC2. The van der Waals surface area contributed by atoms with Crippen molar-refractivity contribution in [3.8, 4) is 0 Å². The normalized spacial score (nSPS) is 21.7. The summed E-state index contributed by atoms with van der Waals surface area (Å²) in [5.74, 6) is 0.169. The molecule has 100 valence electrons. The lowest BCUT2D eigenvalue weighted by atomic mass is 9.86. The van der Waals surface area contributed by atoms with E-state index >= 15 is 0 Å². The average Bonchev–Trinajstić information content (AvgIpc) is 2.82. The van der Waals surface area contributed by atoms with E-state index in [1.807, 2.05) is 12.2 Å². The van der Waals surface area contributed by atoms with Crippen molar-refractivity contribution in [3.63, 3.8) is 0 Å². The van der Waals surface area contributed by atoms with E-state index < -0.39 is 0 Å². The Morgan fingerprint density at radius 2 is 2.26 bits per heavy atom. The summed E-state index contributed by atoms with van der Waals surface area (Å²) in [5.41, 5.74) is 4.76. The molecule has 0 saturated heterocycles. The Morgan fingerprint density at radius 1 is 1.42 bits per heavy atom. The molecular formula is C15H19N3O. The molecule has 2 aliphatic rings. The standard InChI is InChI=1S/C15H19N3O/c1-10(19)16-13-8-4-2-6-11(13)15-12-7-3-5-9-14(12)17-18-15/h2,4,8,11H,3,5-7,9H2,1H3,(H,16,19)(H,17,18). The maximum atomic E-state index is 11.3. The molecule has 0 aromatic carbocycles. The number of aryl methyl sites for hydroxylation is 1. The molecule has 19 heavy (non-hydrogen) atoms. The minimum Gasteiger partial charge on any atom is -0.329 e. The lowest BCUT2D eigenvalue weighted by molar-refractivity contribution is -0.118. The zero-order chi connectivity index (χ0) is 13.2. The molecule has 1 unspecified atom stereocenters. The zero-order valence-electron chi connectivity index (χ0n) is 11.2. The van der Waals surface area contributed by atoms with Gasteiger partial charge in [-0.2, -0.15) is 5.10 Å². The van der Waals surface area contributed by atoms with Gasteiger partial charge in [0.2, 0.25) is 5.91 Å². The third-order valence-corrected chi connectivity index (χ3v) is 3.90. The van der Waals surface area contributed by atoms with Gasteiger partial charge in [-0.3, -0.25) is 9.89 Å². The van der Waals surface area contributed by atoms with Crippen LogP contribution >= 0.6 is 0 Å². The van der Waals surface area contributed by atoms with E-state index in [9.17, 15) is 4.79 Å². The second-order valence-corrected chi connectivity index (χ2v) is 5.29. The molecule has 3 rings (SSSR count). The van der Waals surface area contributed by atoms with E-state index in [1.54, 1.807) is 6.92 Å². The first-order valence-corrected chi connectivity index (χ1v) is 6.96. The van der Waals surface area contributed by atoms with Gasteiger partial charge in [-0.05, 0) is 43.7 Å². The molecule has 4 heteroatoms. The number of hydrogen-bond donors (Lipinski definition) is 2. The highest BCUT2D eigenvalue weighted by Gasteiger charge is 2.26. The molecule has 1 aromatic heterocycles. The lowest BCUT2D eigenvalue weighted by Crippen LogP contribution is -2.25. The maximum Gasteiger partial charge on any atom is 0.221 e. The summed E-state index contributed by atoms with van der Waals surface area (Å²) in [5, 5.41) is 10.7. The van der Waals surface area contributed by atoms with Crippen molar-refractivity contribution in [3.05, 3.63) is 40.9 Å². The molecule has 2 N–H and O–H groups in total. The molecule has 0 spiro atoms. The Bertz CT molecular complexity index is 554. The van der Waals surface area contributed by atoms with Crippen LogP contribution in [0.5, 0.6) is 0 Å². The first-order chi connectivity index (χ1) is 9.25. The summed E-state index contributed by atoms with van der Waals surface area (Å²) in [6.07, 6.45) is 11.7. The number of rotatable bonds is 2. The van der Waals surface area contributed by atoms with Crippen LogP contribution in [0.2, 0.25) is 0 Å². The second kappa shape index (κ2) is 5.03. The van der Waals surface area contributed by atoms with Crippen LogP contribution in [0.15, 0.2) is 23.9 Å². The van der Waals surface area contributed by atoms with E-state index in [4.69, 9.17) is 0 Å². The molecule has 1 aromatic rings. The molecule has 0 fully saturated rings. The van der Waals surface area contributed by atoms with Crippen molar-refractivity contribution in [1.82, 2.24) is 15.5 Å². The monoisotopic (exact) mass is 257 g/mol. The molecule has 0 saturated carbocycles. The Labute approximate surface area is 113 Å². The van der Waals surface area contributed by atoms with Crippen LogP contribution in [0, 0.1) is 0 Å². The van der Waals surface area contributed by atoms with Gasteiger partial charge < -0.3 is 5.32 Å². The van der Waals surface area contributed by atoms with E-state index in [0.717, 1.165) is 30.7 Å². The number of allylic oxidation sites excluding steroid dienone is 4. The number of carbonyl (C=O) groups excluding carboxylic acids is 1. The molecule has 0 radical (unpaired) electrons. The Balaban J connectivity index is 1.92. The number of aromatic amines is 1. The Morgan fingerprint density at radius 3 is 3.11 bits per heavy atom. The van der Waals surface area contributed by atoms with Gasteiger partial charge in [0.1, 0.15) is 0 Å². The van der Waals surface area contributed by atoms with Gasteiger partial charge in [0.05, 0.1) is 5.69 Å². The highest BCUT2D eigenvalue weighted by atomic mass is 16.1. The topological polar surface area (TPSA) is 57.8 Å². The number of nitrogens with zero attached hydrogens (tertiary/aromatic N) is 1. The number of hydrogen-bond acceptors (Lipinski definition) is 2. The first kappa shape index (κ1) is 12.2. The van der Waals surface area contributed by atoms with Crippen molar-refractivity contribution in [2.24, 2.45) is 0 Å². The fraction of sp³-hybridized carbons (Fsp3) is 0.467. The fourth-order valence-corrected chi connectivity index (χ4v) is 3.02. The van der Waals surface area contributed by atoms with Gasteiger partial charge in [-0.15, -0.1) is 0 Å². The van der Waals surface area contributed by atoms with Crippen LogP contribution in [0.1, 0.15) is 49.1 Å². The number of fused-ring (bicyclic) bond motifs is 1. The van der Waals surface area contributed by atoms with Gasteiger partial charge in [-0.25, -0.2) is 0 Å². The van der Waals surface area contributed by atoms with Gasteiger partial charge >= 0.3 is 0 Å². The van der Waals surface area contributed by atoms with Crippen LogP contribution < -0.4 is 5.32 Å². The summed E-state index contributed by atoms with van der Waals surface area (Å²) in [4.78, 5) is 11.3. The minimum absolute atomic E-state index is 0.0176. The number of aromatic nitrogens is 2. The molecule has 4 nitrogen and oxygen atoms in total. The first-order valence-electron chi connectivity index (χ1n) is 6.96. The highest BCUT2D eigenvalue weighted by Crippen LogP contribution is 2.34. The van der Waals surface area contributed by atoms with Crippen molar-refractivity contribution >= 4 is 5.91 Å². The van der Waals surface area contributed by atoms with E-state index in [-0.39, 0.29) is 11.8 Å². The van der Waals surface area contributed by atoms with Crippen LogP contribution in [0.25, 0.3) is 0 Å². The fourth-order valence-electron chi connectivity index (χ4n) is 3.02. The average molecular weight is 257 g/mol. The van der Waals surface area contributed by atoms with E-state index in [0.29, 0.717) is 0 Å². The molecule has 1 amide bonds. The quantitative estimate of drug-likeness (QED) is 0.854. The van der Waals surface area contributed by atoms with Gasteiger partial charge in [0.15, 0.2) is 0 Å². The van der Waals surface area contributed by atoms with Crippen LogP contribution in [-0.2, 0) is 17.6 Å². The van der Waals surface area contributed by atoms with Crippen LogP contribution in [0.3, 0.4) is 0 Å². The van der Waals surface area contributed by atoms with Crippen molar-refractivity contribution in [2.45, 2.75) is 44.9 Å². The largest absolute Gasteiger partial charge is 0.329 e. The predicted molar refractivity (Wildman–Crippen MR) is 73.6 cm³/mol. The summed E-state index contributed by atoms with van der Waals surface area (Å²) in [6, 6.07) is 0. The van der Waals surface area contributed by atoms with E-state index in [2.05, 4.69) is 21.6 Å². The molecule has 1 atom stereocenters. The third kappa shape index (κ3) is 2.35. The smallest absolute Gasteiger partial charge is 0.221 e. The lowest BCUT2D eigenvalue weighted by Gasteiger charge is -2.22. The van der Waals surface area contributed by atoms with Crippen molar-refractivity contribution < 1.29 is 4.79 Å². The number of amides is 1. The van der Waals surface area contributed by atoms with E-state index in [1.165, 1.54) is 24.1 Å². The number of carbonyl (C=O) groups is 1.